The topological polar surface area (TPSA) is 84.5 Å². The van der Waals surface area contributed by atoms with Crippen LogP contribution in [0.1, 0.15) is 46.1 Å². The number of aryl methyl sites for hydroxylation is 1. The molecule has 0 radical (unpaired) electrons. The summed E-state index contributed by atoms with van der Waals surface area (Å²) in [6.07, 6.45) is 7.00. The van der Waals surface area contributed by atoms with Gasteiger partial charge in [0.25, 0.3) is 0 Å². The molecular formula is C21H22N2O4S. The number of rotatable bonds is 5. The van der Waals surface area contributed by atoms with E-state index in [0.717, 1.165) is 41.7 Å². The average molecular weight is 398 g/mol. The number of benzene rings is 1. The van der Waals surface area contributed by atoms with Gasteiger partial charge in [-0.3, -0.25) is 9.59 Å². The van der Waals surface area contributed by atoms with Crippen LogP contribution in [0, 0.1) is 0 Å². The molecule has 0 bridgehead atoms. The summed E-state index contributed by atoms with van der Waals surface area (Å²) in [4.78, 5) is 36.8. The number of hydrogen-bond acceptors (Lipinski definition) is 5. The van der Waals surface area contributed by atoms with Gasteiger partial charge in [-0.15, -0.1) is 11.3 Å². The van der Waals surface area contributed by atoms with Crippen LogP contribution in [-0.4, -0.2) is 24.9 Å². The van der Waals surface area contributed by atoms with E-state index in [1.165, 1.54) is 31.4 Å². The Morgan fingerprint density at radius 3 is 2.46 bits per heavy atom. The number of thiophene rings is 1. The van der Waals surface area contributed by atoms with E-state index in [4.69, 9.17) is 4.74 Å². The van der Waals surface area contributed by atoms with E-state index in [0.29, 0.717) is 16.3 Å². The van der Waals surface area contributed by atoms with Crippen molar-refractivity contribution < 1.29 is 19.1 Å². The molecule has 2 amide bonds. The fourth-order valence-corrected chi connectivity index (χ4v) is 4.46. The highest BCUT2D eigenvalue weighted by Gasteiger charge is 2.26. The summed E-state index contributed by atoms with van der Waals surface area (Å²) >= 11 is 1.46. The van der Waals surface area contributed by atoms with Gasteiger partial charge in [-0.25, -0.2) is 4.79 Å². The molecule has 28 heavy (non-hydrogen) atoms. The quantitative estimate of drug-likeness (QED) is 0.588. The van der Waals surface area contributed by atoms with Gasteiger partial charge in [0, 0.05) is 23.6 Å². The first-order valence-corrected chi connectivity index (χ1v) is 9.89. The van der Waals surface area contributed by atoms with Crippen LogP contribution in [0.2, 0.25) is 0 Å². The van der Waals surface area contributed by atoms with Gasteiger partial charge < -0.3 is 15.4 Å². The van der Waals surface area contributed by atoms with Gasteiger partial charge >= 0.3 is 5.97 Å². The smallest absolute Gasteiger partial charge is 0.341 e. The molecule has 6 nitrogen and oxygen atoms in total. The Labute approximate surface area is 167 Å². The number of fused-ring (bicyclic) bond motifs is 1. The number of carbonyl (C=O) groups is 3. The average Bonchev–Trinajstić information content (AvgIpc) is 3.04. The summed E-state index contributed by atoms with van der Waals surface area (Å²) in [5.41, 5.74) is 3.02. The maximum atomic E-state index is 12.4. The van der Waals surface area contributed by atoms with Gasteiger partial charge in [-0.2, -0.15) is 0 Å². The summed E-state index contributed by atoms with van der Waals surface area (Å²) < 4.78 is 4.92. The minimum absolute atomic E-state index is 0.136. The van der Waals surface area contributed by atoms with E-state index in [-0.39, 0.29) is 11.8 Å². The summed E-state index contributed by atoms with van der Waals surface area (Å²) in [5.74, 6) is -0.857. The number of methoxy groups -OCH3 is 1. The molecule has 7 heteroatoms. The van der Waals surface area contributed by atoms with E-state index >= 15 is 0 Å². The third-order valence-electron chi connectivity index (χ3n) is 4.46. The Bertz CT molecular complexity index is 929. The number of esters is 1. The van der Waals surface area contributed by atoms with Gasteiger partial charge in [0.05, 0.1) is 12.7 Å². The van der Waals surface area contributed by atoms with Crippen LogP contribution in [0.25, 0.3) is 6.08 Å². The van der Waals surface area contributed by atoms with Crippen molar-refractivity contribution >= 4 is 45.9 Å². The highest BCUT2D eigenvalue weighted by molar-refractivity contribution is 7.17. The molecule has 2 N–H and O–H groups in total. The molecule has 1 aromatic carbocycles. The summed E-state index contributed by atoms with van der Waals surface area (Å²) in [7, 11) is 1.35. The van der Waals surface area contributed by atoms with Gasteiger partial charge in [-0.05, 0) is 55.0 Å². The molecule has 0 saturated heterocycles. The minimum Gasteiger partial charge on any atom is -0.465 e. The molecule has 2 aromatic rings. The lowest BCUT2D eigenvalue weighted by Crippen LogP contribution is -2.13. The zero-order valence-electron chi connectivity index (χ0n) is 15.8. The van der Waals surface area contributed by atoms with Crippen LogP contribution >= 0.6 is 11.3 Å². The number of amides is 2. The zero-order chi connectivity index (χ0) is 20.1. The Kier molecular flexibility index (Phi) is 6.26. The molecule has 0 spiro atoms. The summed E-state index contributed by atoms with van der Waals surface area (Å²) in [6, 6.07) is 7.14. The van der Waals surface area contributed by atoms with E-state index in [1.807, 2.05) is 0 Å². The van der Waals surface area contributed by atoms with Crippen LogP contribution in [0.4, 0.5) is 10.7 Å². The minimum atomic E-state index is -0.410. The Balaban J connectivity index is 1.72. The second-order valence-electron chi connectivity index (χ2n) is 6.53. The lowest BCUT2D eigenvalue weighted by molar-refractivity contribution is -0.114. The summed E-state index contributed by atoms with van der Waals surface area (Å²) in [6.45, 7) is 1.45. The van der Waals surface area contributed by atoms with Crippen LogP contribution in [-0.2, 0) is 27.2 Å². The number of hydrogen-bond donors (Lipinski definition) is 2. The van der Waals surface area contributed by atoms with E-state index in [2.05, 4.69) is 10.6 Å². The highest BCUT2D eigenvalue weighted by Crippen LogP contribution is 2.38. The SMILES string of the molecule is COC(=O)c1c(NC(=O)/C=C/c2ccc(NC(C)=O)cc2)sc2c1CCCC2. The van der Waals surface area contributed by atoms with Crippen molar-refractivity contribution in [3.8, 4) is 0 Å². The van der Waals surface area contributed by atoms with Crippen LogP contribution in [0.15, 0.2) is 30.3 Å². The van der Waals surface area contributed by atoms with Gasteiger partial charge in [0.2, 0.25) is 11.8 Å². The second kappa shape index (κ2) is 8.84. The second-order valence-corrected chi connectivity index (χ2v) is 7.64. The Morgan fingerprint density at radius 2 is 1.79 bits per heavy atom. The molecule has 3 rings (SSSR count). The molecule has 0 fully saturated rings. The zero-order valence-corrected chi connectivity index (χ0v) is 16.7. The van der Waals surface area contributed by atoms with Crippen LogP contribution in [0.5, 0.6) is 0 Å². The van der Waals surface area contributed by atoms with Crippen molar-refractivity contribution in [2.45, 2.75) is 32.6 Å². The molecule has 1 aliphatic rings. The van der Waals surface area contributed by atoms with Crippen LogP contribution in [0.3, 0.4) is 0 Å². The van der Waals surface area contributed by atoms with Crippen molar-refractivity contribution in [2.24, 2.45) is 0 Å². The third kappa shape index (κ3) is 4.67. The predicted molar refractivity (Wildman–Crippen MR) is 111 cm³/mol. The van der Waals surface area contributed by atoms with Gasteiger partial charge in [0.15, 0.2) is 0 Å². The fraction of sp³-hybridized carbons (Fsp3) is 0.286. The monoisotopic (exact) mass is 398 g/mol. The first-order valence-electron chi connectivity index (χ1n) is 9.07. The molecule has 1 heterocycles. The molecular weight excluding hydrogens is 376 g/mol. The number of nitrogens with one attached hydrogen (secondary N) is 2. The van der Waals surface area contributed by atoms with Crippen molar-refractivity contribution in [1.82, 2.24) is 0 Å². The molecule has 0 aliphatic heterocycles. The van der Waals surface area contributed by atoms with E-state index < -0.39 is 5.97 Å². The Morgan fingerprint density at radius 1 is 1.07 bits per heavy atom. The van der Waals surface area contributed by atoms with Crippen molar-refractivity contribution in [3.05, 3.63) is 51.9 Å². The molecule has 146 valence electrons. The molecule has 1 aliphatic carbocycles. The predicted octanol–water partition coefficient (Wildman–Crippen LogP) is 4.02. The first-order chi connectivity index (χ1) is 13.5. The van der Waals surface area contributed by atoms with Gasteiger partial charge in [0.1, 0.15) is 5.00 Å². The Hall–Kier alpha value is -2.93. The molecule has 0 saturated carbocycles. The maximum absolute atomic E-state index is 12.4. The lowest BCUT2D eigenvalue weighted by atomic mass is 9.95. The molecule has 0 atom stereocenters. The van der Waals surface area contributed by atoms with Crippen molar-refractivity contribution in [3.63, 3.8) is 0 Å². The lowest BCUT2D eigenvalue weighted by Gasteiger charge is -2.11. The van der Waals surface area contributed by atoms with Crippen LogP contribution < -0.4 is 10.6 Å². The van der Waals surface area contributed by atoms with E-state index in [9.17, 15) is 14.4 Å². The fourth-order valence-electron chi connectivity index (χ4n) is 3.18. The molecule has 0 unspecified atom stereocenters. The largest absolute Gasteiger partial charge is 0.465 e. The normalized spacial score (nSPS) is 13.1. The summed E-state index contributed by atoms with van der Waals surface area (Å²) in [5, 5.41) is 6.07. The number of ether oxygens (including phenoxy) is 1. The van der Waals surface area contributed by atoms with Gasteiger partial charge in [-0.1, -0.05) is 12.1 Å². The number of anilines is 2. The van der Waals surface area contributed by atoms with Crippen molar-refractivity contribution in [1.29, 1.82) is 0 Å². The first kappa shape index (κ1) is 19.8. The highest BCUT2D eigenvalue weighted by atomic mass is 32.1. The standard InChI is InChI=1S/C21H22N2O4S/c1-13(24)22-15-10-7-14(8-11-15)9-12-18(25)23-20-19(21(26)27-2)16-5-3-4-6-17(16)28-20/h7-12H,3-6H2,1-2H3,(H,22,24)(H,23,25)/b12-9+. The third-order valence-corrected chi connectivity index (χ3v) is 5.66. The van der Waals surface area contributed by atoms with E-state index in [1.54, 1.807) is 30.3 Å². The molecule has 1 aromatic heterocycles. The number of carbonyl (C=O) groups excluding carboxylic acids is 3. The van der Waals surface area contributed by atoms with Crippen molar-refractivity contribution in [2.75, 3.05) is 17.7 Å². The maximum Gasteiger partial charge on any atom is 0.341 e.